The van der Waals surface area contributed by atoms with Crippen molar-refractivity contribution >= 4 is 11.8 Å². The largest absolute Gasteiger partial charge is 0.392 e. The van der Waals surface area contributed by atoms with Crippen LogP contribution in [0.1, 0.15) is 85.3 Å². The quantitative estimate of drug-likeness (QED) is 0.0536. The minimum atomic E-state index is -0.651. The van der Waals surface area contributed by atoms with Crippen molar-refractivity contribution in [3.63, 3.8) is 0 Å². The lowest BCUT2D eigenvalue weighted by molar-refractivity contribution is -0.253. The van der Waals surface area contributed by atoms with Crippen LogP contribution in [0.5, 0.6) is 0 Å². The fourth-order valence-corrected chi connectivity index (χ4v) is 6.33. The molecule has 1 saturated heterocycles. The highest BCUT2D eigenvalue weighted by molar-refractivity contribution is 5.76. The molecule has 1 aliphatic heterocycles. The Morgan fingerprint density at radius 1 is 0.824 bits per heavy atom. The zero-order valence-corrected chi connectivity index (χ0v) is 29.3. The van der Waals surface area contributed by atoms with Crippen molar-refractivity contribution in [1.82, 2.24) is 15.7 Å². The number of benzene rings is 4. The molecule has 2 amide bonds. The van der Waals surface area contributed by atoms with Gasteiger partial charge in [-0.3, -0.25) is 19.7 Å². The van der Waals surface area contributed by atoms with Crippen LogP contribution >= 0.6 is 0 Å². The minimum Gasteiger partial charge on any atom is -0.392 e. The monoisotopic (exact) mass is 695 g/mol. The molecular weight excluding hydrogens is 646 g/mol. The van der Waals surface area contributed by atoms with E-state index in [0.29, 0.717) is 38.8 Å². The Morgan fingerprint density at radius 3 is 2.22 bits per heavy atom. The SMILES string of the molecule is C[C@H]([C@@H](O)c1ccccc1)N(C)C[C@@H]1C[C@H](c2ccc(CO)cc2)O[C@H](c2cccc(-c3cccc(CNC(=O)CCCCC(=O)NO)c3)c2)O1. The lowest BCUT2D eigenvalue weighted by Crippen LogP contribution is -2.43. The first-order valence-electron chi connectivity index (χ1n) is 17.6. The van der Waals surface area contributed by atoms with Crippen LogP contribution in [0.25, 0.3) is 11.1 Å². The van der Waals surface area contributed by atoms with Gasteiger partial charge in [-0.25, -0.2) is 5.48 Å². The smallest absolute Gasteiger partial charge is 0.243 e. The summed E-state index contributed by atoms with van der Waals surface area (Å²) in [5.74, 6) is -0.549. The predicted molar refractivity (Wildman–Crippen MR) is 194 cm³/mol. The van der Waals surface area contributed by atoms with Crippen molar-refractivity contribution in [2.45, 2.75) is 82.8 Å². The van der Waals surface area contributed by atoms with Crippen molar-refractivity contribution in [2.75, 3.05) is 13.6 Å². The van der Waals surface area contributed by atoms with Gasteiger partial charge in [0, 0.05) is 44.0 Å². The minimum absolute atomic E-state index is 0.0274. The van der Waals surface area contributed by atoms with Crippen LogP contribution in [-0.2, 0) is 32.2 Å². The molecule has 10 heteroatoms. The number of hydrogen-bond acceptors (Lipinski definition) is 8. The maximum absolute atomic E-state index is 12.4. The molecule has 1 aliphatic rings. The van der Waals surface area contributed by atoms with E-state index in [4.69, 9.17) is 14.7 Å². The van der Waals surface area contributed by atoms with Crippen molar-refractivity contribution in [3.8, 4) is 11.1 Å². The Morgan fingerprint density at radius 2 is 1.51 bits per heavy atom. The fourth-order valence-electron chi connectivity index (χ4n) is 6.33. The molecule has 0 bridgehead atoms. The average Bonchev–Trinajstić information content (AvgIpc) is 3.18. The van der Waals surface area contributed by atoms with Gasteiger partial charge in [-0.2, -0.15) is 0 Å². The number of nitrogens with one attached hydrogen (secondary N) is 2. The normalized spacial score (nSPS) is 18.6. The second-order valence-corrected chi connectivity index (χ2v) is 13.2. The summed E-state index contributed by atoms with van der Waals surface area (Å²) >= 11 is 0. The molecule has 0 aliphatic carbocycles. The van der Waals surface area contributed by atoms with Crippen LogP contribution in [0.4, 0.5) is 0 Å². The molecule has 270 valence electrons. The highest BCUT2D eigenvalue weighted by atomic mass is 16.7. The molecule has 10 nitrogen and oxygen atoms in total. The molecule has 5 rings (SSSR count). The molecule has 0 spiro atoms. The second kappa shape index (κ2) is 18.7. The van der Waals surface area contributed by atoms with E-state index in [1.807, 2.05) is 105 Å². The standard InChI is InChI=1S/C41H49N3O7/c1-28(40(48)32-11-4-3-5-12-32)44(2)26-36-24-37(31-20-18-29(27-45)19-21-31)51-41(50-36)35-15-9-14-34(23-35)33-13-8-10-30(22-33)25-42-38(46)16-6-7-17-39(47)43-49/h3-5,8-15,18-23,28,36-37,40-41,45,48-49H,6-7,16-17,24-27H2,1-2H3,(H,42,46)(H,43,47)/t28-,36+,37-,40-,41-/m1/s1. The summed E-state index contributed by atoms with van der Waals surface area (Å²) in [7, 11) is 2.00. The fraction of sp³-hybridized carbons (Fsp3) is 0.366. The van der Waals surface area contributed by atoms with Gasteiger partial charge in [-0.15, -0.1) is 0 Å². The molecule has 5 N–H and O–H groups in total. The summed E-state index contributed by atoms with van der Waals surface area (Å²) in [6, 6.07) is 33.5. The molecule has 0 radical (unpaired) electrons. The van der Waals surface area contributed by atoms with Crippen LogP contribution in [0, 0.1) is 0 Å². The summed E-state index contributed by atoms with van der Waals surface area (Å²) in [5.41, 5.74) is 8.12. The topological polar surface area (TPSA) is 141 Å². The zero-order valence-electron chi connectivity index (χ0n) is 29.3. The van der Waals surface area contributed by atoms with Crippen molar-refractivity contribution < 1.29 is 34.5 Å². The lowest BCUT2D eigenvalue weighted by atomic mass is 9.97. The molecule has 4 aromatic rings. The molecule has 4 aromatic carbocycles. The van der Waals surface area contributed by atoms with Gasteiger partial charge in [0.15, 0.2) is 6.29 Å². The maximum atomic E-state index is 12.4. The molecule has 0 unspecified atom stereocenters. The number of aliphatic hydroxyl groups is 2. The van der Waals surface area contributed by atoms with Crippen LogP contribution in [0.15, 0.2) is 103 Å². The van der Waals surface area contributed by atoms with Gasteiger partial charge in [0.25, 0.3) is 0 Å². The number of nitrogens with zero attached hydrogens (tertiary/aromatic N) is 1. The second-order valence-electron chi connectivity index (χ2n) is 13.2. The number of amides is 2. The third-order valence-corrected chi connectivity index (χ3v) is 9.49. The van der Waals surface area contributed by atoms with E-state index in [9.17, 15) is 19.8 Å². The van der Waals surface area contributed by atoms with Crippen LogP contribution in [0.3, 0.4) is 0 Å². The van der Waals surface area contributed by atoms with Crippen molar-refractivity contribution in [2.24, 2.45) is 0 Å². The molecular formula is C41H49N3O7. The first-order valence-corrected chi connectivity index (χ1v) is 17.6. The van der Waals surface area contributed by atoms with E-state index >= 15 is 0 Å². The number of likely N-dealkylation sites (N-methyl/N-ethyl adjacent to an activating group) is 1. The van der Waals surface area contributed by atoms with Gasteiger partial charge in [0.05, 0.1) is 24.9 Å². The van der Waals surface area contributed by atoms with Gasteiger partial charge in [-0.05, 0) is 72.3 Å². The van der Waals surface area contributed by atoms with Crippen molar-refractivity contribution in [1.29, 1.82) is 0 Å². The van der Waals surface area contributed by atoms with Crippen LogP contribution < -0.4 is 10.8 Å². The van der Waals surface area contributed by atoms with Gasteiger partial charge in [0.2, 0.25) is 11.8 Å². The predicted octanol–water partition coefficient (Wildman–Crippen LogP) is 6.13. The molecule has 5 atom stereocenters. The van der Waals surface area contributed by atoms with E-state index in [-0.39, 0.29) is 37.2 Å². The summed E-state index contributed by atoms with van der Waals surface area (Å²) < 4.78 is 13.3. The summed E-state index contributed by atoms with van der Waals surface area (Å²) in [6.07, 6.45) is 0.451. The van der Waals surface area contributed by atoms with E-state index < -0.39 is 18.3 Å². The summed E-state index contributed by atoms with van der Waals surface area (Å²) in [6.45, 7) is 2.95. The van der Waals surface area contributed by atoms with Crippen molar-refractivity contribution in [3.05, 3.63) is 131 Å². The molecule has 51 heavy (non-hydrogen) atoms. The van der Waals surface area contributed by atoms with Gasteiger partial charge in [-0.1, -0.05) is 91.0 Å². The Labute approximate surface area is 300 Å². The number of hydrogen-bond donors (Lipinski definition) is 5. The number of hydroxylamine groups is 1. The molecule has 1 heterocycles. The van der Waals surface area contributed by atoms with E-state index in [1.165, 1.54) is 0 Å². The number of ether oxygens (including phenoxy) is 2. The summed E-state index contributed by atoms with van der Waals surface area (Å²) in [4.78, 5) is 25.7. The van der Waals surface area contributed by atoms with E-state index in [2.05, 4.69) is 22.3 Å². The Bertz CT molecular complexity index is 1700. The number of carbonyl (C=O) groups is 2. The lowest BCUT2D eigenvalue weighted by Gasteiger charge is -2.39. The highest BCUT2D eigenvalue weighted by Gasteiger charge is 2.34. The number of unbranched alkanes of at least 4 members (excludes halogenated alkanes) is 1. The zero-order chi connectivity index (χ0) is 36.2. The van der Waals surface area contributed by atoms with E-state index in [1.54, 1.807) is 5.48 Å². The van der Waals surface area contributed by atoms with Crippen LogP contribution in [-0.4, -0.2) is 57.9 Å². The van der Waals surface area contributed by atoms with Crippen LogP contribution in [0.2, 0.25) is 0 Å². The molecule has 0 saturated carbocycles. The maximum Gasteiger partial charge on any atom is 0.243 e. The Hall–Kier alpha value is -4.42. The number of carbonyl (C=O) groups excluding carboxylic acids is 2. The van der Waals surface area contributed by atoms with Gasteiger partial charge >= 0.3 is 0 Å². The first kappa shape index (κ1) is 37.8. The molecule has 0 aromatic heterocycles. The highest BCUT2D eigenvalue weighted by Crippen LogP contribution is 2.39. The van der Waals surface area contributed by atoms with Gasteiger partial charge in [0.1, 0.15) is 0 Å². The summed E-state index contributed by atoms with van der Waals surface area (Å²) in [5, 5.41) is 32.3. The van der Waals surface area contributed by atoms with E-state index in [0.717, 1.165) is 38.9 Å². The molecule has 1 fully saturated rings. The average molecular weight is 696 g/mol. The Kier molecular flexibility index (Phi) is 13.9. The van der Waals surface area contributed by atoms with Gasteiger partial charge < -0.3 is 25.0 Å². The third-order valence-electron chi connectivity index (χ3n) is 9.49. The Balaban J connectivity index is 1.28. The number of rotatable bonds is 16. The third kappa shape index (κ3) is 10.8. The first-order chi connectivity index (χ1) is 24.7. The number of aliphatic hydroxyl groups excluding tert-OH is 2.